The molecule has 0 aromatic heterocycles. The Kier molecular flexibility index (Phi) is 6.95. The van der Waals surface area contributed by atoms with Gasteiger partial charge in [-0.1, -0.05) is 10.2 Å². The van der Waals surface area contributed by atoms with Crippen LogP contribution in [0, 0.1) is 11.6 Å². The number of rotatable bonds is 8. The Morgan fingerprint density at radius 3 is 1.50 bits per heavy atom. The lowest BCUT2D eigenvalue weighted by Gasteiger charge is -2.26. The van der Waals surface area contributed by atoms with Gasteiger partial charge in [-0.25, -0.2) is 34.0 Å². The molecule has 10 nitrogen and oxygen atoms in total. The molecule has 0 aliphatic heterocycles. The highest BCUT2D eigenvalue weighted by Gasteiger charge is 2.74. The monoisotopic (exact) mass is 577 g/mol. The summed E-state index contributed by atoms with van der Waals surface area (Å²) in [5.74, 6) is -4.54. The Morgan fingerprint density at radius 2 is 1.09 bits per heavy atom. The zero-order valence-corrected chi connectivity index (χ0v) is 18.9. The van der Waals surface area contributed by atoms with Gasteiger partial charge in [-0.3, -0.25) is 4.55 Å². The van der Waals surface area contributed by atoms with Crippen molar-refractivity contribution in [2.75, 3.05) is 0 Å². The maximum absolute atomic E-state index is 14.3. The van der Waals surface area contributed by atoms with Gasteiger partial charge in [0.25, 0.3) is 40.0 Å². The number of benzene rings is 2. The van der Waals surface area contributed by atoms with Crippen LogP contribution in [0.15, 0.2) is 57.2 Å². The number of hydrogen-bond donors (Lipinski definition) is 2. The molecule has 20 heteroatoms. The Morgan fingerprint density at radius 1 is 0.676 bits per heavy atom. The summed E-state index contributed by atoms with van der Waals surface area (Å²) in [5.41, 5.74) is 0. The molecule has 0 amide bonds. The van der Waals surface area contributed by atoms with Gasteiger partial charge in [0.15, 0.2) is 0 Å². The van der Waals surface area contributed by atoms with Crippen molar-refractivity contribution in [3.63, 3.8) is 0 Å². The topological polar surface area (TPSA) is 169 Å². The third-order valence-electron chi connectivity index (χ3n) is 3.85. The Balaban J connectivity index is 2.56. The number of hydrogen-bond acceptors (Lipinski definition) is 8. The summed E-state index contributed by atoms with van der Waals surface area (Å²) in [4.78, 5) is -4.83. The van der Waals surface area contributed by atoms with Gasteiger partial charge >= 0.3 is 10.5 Å². The van der Waals surface area contributed by atoms with Gasteiger partial charge in [0, 0.05) is 0 Å². The predicted molar refractivity (Wildman–Crippen MR) is 98.9 cm³/mol. The molecule has 0 atom stereocenters. The minimum absolute atomic E-state index is 0.0949. The molecular weight excluding hydrogens is 568 g/mol. The van der Waals surface area contributed by atoms with Gasteiger partial charge in [0.2, 0.25) is 0 Å². The minimum Gasteiger partial charge on any atom is -0.282 e. The highest BCUT2D eigenvalue weighted by atomic mass is 32.3. The van der Waals surface area contributed by atoms with Crippen molar-refractivity contribution >= 4 is 40.0 Å². The molecule has 0 saturated heterocycles. The van der Waals surface area contributed by atoms with Crippen LogP contribution < -0.4 is 4.13 Å². The maximum Gasteiger partial charge on any atom is 0.436 e. The van der Waals surface area contributed by atoms with Gasteiger partial charge in [-0.05, 0) is 36.4 Å². The van der Waals surface area contributed by atoms with Crippen molar-refractivity contribution < 1.29 is 64.6 Å². The molecule has 0 radical (unpaired) electrons. The molecule has 2 rings (SSSR count). The van der Waals surface area contributed by atoms with Gasteiger partial charge in [-0.2, -0.15) is 26.0 Å². The number of alkyl halides is 4. The van der Waals surface area contributed by atoms with Crippen LogP contribution in [-0.2, 0) is 40.0 Å². The van der Waals surface area contributed by atoms with E-state index >= 15 is 0 Å². The smallest absolute Gasteiger partial charge is 0.282 e. The molecule has 0 bridgehead atoms. The van der Waals surface area contributed by atoms with Crippen molar-refractivity contribution in [1.29, 1.82) is 0 Å². The van der Waals surface area contributed by atoms with Crippen LogP contribution in [0.1, 0.15) is 0 Å². The van der Waals surface area contributed by atoms with Crippen molar-refractivity contribution in [2.24, 2.45) is 0 Å². The molecule has 0 aliphatic carbocycles. The molecule has 0 spiro atoms. The summed E-state index contributed by atoms with van der Waals surface area (Å²) in [6, 6.07) is 1.95. The Bertz CT molecular complexity index is 1530. The lowest BCUT2D eigenvalue weighted by Crippen LogP contribution is -2.56. The third kappa shape index (κ3) is 4.64. The predicted octanol–water partition coefficient (Wildman–Crippen LogP) is 1.48. The molecule has 190 valence electrons. The van der Waals surface area contributed by atoms with Crippen LogP contribution in [0.2, 0.25) is 0 Å². The van der Waals surface area contributed by atoms with E-state index in [-0.39, 0.29) is 28.4 Å². The minimum atomic E-state index is -7.19. The summed E-state index contributed by atoms with van der Waals surface area (Å²) in [7, 11) is -24.9. The molecule has 2 N–H and O–H groups in total. The maximum atomic E-state index is 14.3. The first-order chi connectivity index (χ1) is 15.1. The van der Waals surface area contributed by atoms with E-state index in [0.717, 1.165) is 0 Å². The van der Waals surface area contributed by atoms with Crippen LogP contribution in [0.5, 0.6) is 0 Å². The third-order valence-corrected chi connectivity index (χ3v) is 10.3. The van der Waals surface area contributed by atoms with Crippen LogP contribution >= 0.6 is 0 Å². The summed E-state index contributed by atoms with van der Waals surface area (Å²) < 4.78 is 187. The first-order valence-corrected chi connectivity index (χ1v) is 13.8. The molecule has 0 saturated carbocycles. The highest BCUT2D eigenvalue weighted by Crippen LogP contribution is 2.46. The largest absolute Gasteiger partial charge is 0.436 e. The lowest BCUT2D eigenvalue weighted by molar-refractivity contribution is -0.0971. The fourth-order valence-electron chi connectivity index (χ4n) is 2.22. The van der Waals surface area contributed by atoms with Crippen molar-refractivity contribution in [3.8, 4) is 0 Å². The Labute approximate surface area is 188 Å². The SMILES string of the molecule is O=S(=O)(O)c1ccc(S(=O)(=O)NS(=O)(=O)C(F)(F)C(F)(F)S(=O)(=O)c2c(F)cccc2F)cc1. The van der Waals surface area contributed by atoms with E-state index < -0.39 is 76.8 Å². The molecule has 2 aromatic carbocycles. The van der Waals surface area contributed by atoms with Crippen LogP contribution in [-0.4, -0.2) is 48.7 Å². The number of halogens is 6. The van der Waals surface area contributed by atoms with Crippen LogP contribution in [0.4, 0.5) is 26.3 Å². The van der Waals surface area contributed by atoms with E-state index in [1.165, 1.54) is 0 Å². The summed E-state index contributed by atoms with van der Waals surface area (Å²) in [6.07, 6.45) is 0. The second kappa shape index (κ2) is 8.45. The molecule has 34 heavy (non-hydrogen) atoms. The average Bonchev–Trinajstić information content (AvgIpc) is 2.66. The fourth-order valence-corrected chi connectivity index (χ4v) is 7.34. The molecular formula is C14H9F6NO9S4. The number of sulfonamides is 2. The summed E-state index contributed by atoms with van der Waals surface area (Å²) in [6.45, 7) is 0. The quantitative estimate of drug-likeness (QED) is 0.349. The first kappa shape index (κ1) is 28.0. The van der Waals surface area contributed by atoms with Gasteiger partial charge < -0.3 is 0 Å². The first-order valence-electron chi connectivity index (χ1n) is 7.89. The number of sulfone groups is 1. The van der Waals surface area contributed by atoms with E-state index in [4.69, 9.17) is 4.55 Å². The van der Waals surface area contributed by atoms with Gasteiger partial charge in [0.05, 0.1) is 9.79 Å². The number of nitrogens with one attached hydrogen (secondary N) is 1. The second-order valence-electron chi connectivity index (χ2n) is 6.12. The van der Waals surface area contributed by atoms with E-state index in [0.29, 0.717) is 18.2 Å². The van der Waals surface area contributed by atoms with E-state index in [9.17, 15) is 60.0 Å². The zero-order chi connectivity index (χ0) is 26.5. The second-order valence-corrected chi connectivity index (χ2v) is 13.1. The molecule has 2 aromatic rings. The molecule has 0 unspecified atom stereocenters. The lowest BCUT2D eigenvalue weighted by atomic mass is 10.3. The van der Waals surface area contributed by atoms with E-state index in [1.807, 2.05) is 0 Å². The molecule has 0 fully saturated rings. The van der Waals surface area contributed by atoms with Gasteiger partial charge in [0.1, 0.15) is 16.5 Å². The normalized spacial score (nSPS) is 14.2. The fraction of sp³-hybridized carbons (Fsp3) is 0.143. The van der Waals surface area contributed by atoms with E-state index in [2.05, 4.69) is 0 Å². The standard InChI is InChI=1S/C14H9F6NO9S4/c15-10-2-1-3-11(16)12(10)31(22,23)13(17,18)14(19,20)34(29,30)21-32(24,25)8-4-6-9(7-5-8)33(26,27)28/h1-7,21H,(H,26,27,28). The molecule has 0 aliphatic rings. The zero-order valence-electron chi connectivity index (χ0n) is 15.7. The summed E-state index contributed by atoms with van der Waals surface area (Å²) >= 11 is 0. The summed E-state index contributed by atoms with van der Waals surface area (Å²) in [5, 5.41) is -13.6. The average molecular weight is 577 g/mol. The molecule has 0 heterocycles. The van der Waals surface area contributed by atoms with Gasteiger partial charge in [-0.15, -0.1) is 0 Å². The van der Waals surface area contributed by atoms with Crippen molar-refractivity contribution in [1.82, 2.24) is 4.13 Å². The highest BCUT2D eigenvalue weighted by molar-refractivity contribution is 8.05. The van der Waals surface area contributed by atoms with Crippen molar-refractivity contribution in [2.45, 2.75) is 25.2 Å². The van der Waals surface area contributed by atoms with Crippen LogP contribution in [0.25, 0.3) is 0 Å². The van der Waals surface area contributed by atoms with E-state index in [1.54, 1.807) is 0 Å². The van der Waals surface area contributed by atoms with Crippen LogP contribution in [0.3, 0.4) is 0 Å². The van der Waals surface area contributed by atoms with Crippen molar-refractivity contribution in [3.05, 3.63) is 54.1 Å². The Hall–Kier alpha value is -2.26.